The highest BCUT2D eigenvalue weighted by atomic mass is 35.5. The molecule has 0 aliphatic heterocycles. The molecule has 0 radical (unpaired) electrons. The van der Waals surface area contributed by atoms with Crippen molar-refractivity contribution in [3.63, 3.8) is 0 Å². The fraction of sp³-hybridized carbons (Fsp3) is 0.0500. The van der Waals surface area contributed by atoms with E-state index in [9.17, 15) is 0 Å². The van der Waals surface area contributed by atoms with Gasteiger partial charge in [0.2, 0.25) is 5.88 Å². The molecule has 7 heteroatoms. The standard InChI is InChI=1S/C20H15ClN4O2/c21-18-4-1-5-19(24-18)26-15-8-6-13(7-9-15)11-14-12-17(27-25-14)16-3-2-10-23-20(16)22/h1-10,12H,11H2,(H2,22,23). The van der Waals surface area contributed by atoms with Gasteiger partial charge in [0.15, 0.2) is 5.76 Å². The summed E-state index contributed by atoms with van der Waals surface area (Å²) in [6.45, 7) is 0. The lowest BCUT2D eigenvalue weighted by Crippen LogP contribution is -1.92. The van der Waals surface area contributed by atoms with Crippen LogP contribution in [0.5, 0.6) is 11.6 Å². The summed E-state index contributed by atoms with van der Waals surface area (Å²) in [5, 5.41) is 4.50. The number of benzene rings is 1. The quantitative estimate of drug-likeness (QED) is 0.504. The van der Waals surface area contributed by atoms with Crippen LogP contribution in [-0.2, 0) is 6.42 Å². The topological polar surface area (TPSA) is 87.1 Å². The summed E-state index contributed by atoms with van der Waals surface area (Å²) in [6.07, 6.45) is 2.26. The maximum atomic E-state index is 5.88. The fourth-order valence-corrected chi connectivity index (χ4v) is 2.76. The van der Waals surface area contributed by atoms with E-state index in [0.717, 1.165) is 16.8 Å². The lowest BCUT2D eigenvalue weighted by atomic mass is 10.1. The number of nitrogen functional groups attached to an aromatic ring is 1. The zero-order chi connectivity index (χ0) is 18.6. The van der Waals surface area contributed by atoms with Crippen LogP contribution in [0.15, 0.2) is 71.4 Å². The van der Waals surface area contributed by atoms with Crippen molar-refractivity contribution < 1.29 is 9.26 Å². The van der Waals surface area contributed by atoms with Gasteiger partial charge in [0.05, 0.1) is 11.3 Å². The van der Waals surface area contributed by atoms with Crippen LogP contribution in [0.3, 0.4) is 0 Å². The number of hydrogen-bond acceptors (Lipinski definition) is 6. The van der Waals surface area contributed by atoms with E-state index in [1.165, 1.54) is 0 Å². The molecule has 27 heavy (non-hydrogen) atoms. The third kappa shape index (κ3) is 4.07. The maximum absolute atomic E-state index is 5.88. The van der Waals surface area contributed by atoms with E-state index in [4.69, 9.17) is 26.6 Å². The van der Waals surface area contributed by atoms with Crippen molar-refractivity contribution in [3.05, 3.63) is 83.3 Å². The number of ether oxygens (including phenoxy) is 1. The van der Waals surface area contributed by atoms with Gasteiger partial charge in [-0.2, -0.15) is 0 Å². The van der Waals surface area contributed by atoms with Gasteiger partial charge in [0, 0.05) is 24.8 Å². The van der Waals surface area contributed by atoms with Crippen LogP contribution in [0.25, 0.3) is 11.3 Å². The third-order valence-corrected chi connectivity index (χ3v) is 4.09. The van der Waals surface area contributed by atoms with Gasteiger partial charge in [-0.3, -0.25) is 0 Å². The number of aromatic nitrogens is 3. The first-order chi connectivity index (χ1) is 13.2. The van der Waals surface area contributed by atoms with Crippen molar-refractivity contribution in [2.75, 3.05) is 5.73 Å². The summed E-state index contributed by atoms with van der Waals surface area (Å²) in [4.78, 5) is 8.16. The first-order valence-electron chi connectivity index (χ1n) is 8.23. The van der Waals surface area contributed by atoms with Crippen molar-refractivity contribution in [1.29, 1.82) is 0 Å². The van der Waals surface area contributed by atoms with Gasteiger partial charge in [-0.05, 0) is 35.9 Å². The molecule has 3 heterocycles. The number of halogens is 1. The summed E-state index contributed by atoms with van der Waals surface area (Å²) in [7, 11) is 0. The highest BCUT2D eigenvalue weighted by molar-refractivity contribution is 6.29. The van der Waals surface area contributed by atoms with Crippen LogP contribution in [0.2, 0.25) is 5.15 Å². The monoisotopic (exact) mass is 378 g/mol. The highest BCUT2D eigenvalue weighted by Crippen LogP contribution is 2.26. The summed E-state index contributed by atoms with van der Waals surface area (Å²) in [6, 6.07) is 18.4. The van der Waals surface area contributed by atoms with Crippen LogP contribution < -0.4 is 10.5 Å². The van der Waals surface area contributed by atoms with Crippen LogP contribution >= 0.6 is 11.6 Å². The number of pyridine rings is 2. The molecule has 3 aromatic heterocycles. The molecule has 0 aliphatic rings. The predicted molar refractivity (Wildman–Crippen MR) is 103 cm³/mol. The Morgan fingerprint density at radius 2 is 1.89 bits per heavy atom. The minimum Gasteiger partial charge on any atom is -0.439 e. The lowest BCUT2D eigenvalue weighted by molar-refractivity contribution is 0.425. The zero-order valence-electron chi connectivity index (χ0n) is 14.2. The minimum atomic E-state index is 0.389. The number of nitrogens with two attached hydrogens (primary N) is 1. The number of rotatable bonds is 5. The Morgan fingerprint density at radius 1 is 1.04 bits per heavy atom. The second-order valence-corrected chi connectivity index (χ2v) is 6.23. The average Bonchev–Trinajstić information content (AvgIpc) is 3.12. The van der Waals surface area contributed by atoms with Crippen molar-refractivity contribution in [2.45, 2.75) is 6.42 Å². The molecule has 134 valence electrons. The first kappa shape index (κ1) is 17.1. The average molecular weight is 379 g/mol. The van der Waals surface area contributed by atoms with E-state index in [0.29, 0.717) is 34.8 Å². The molecule has 0 unspecified atom stereocenters. The Labute approximate surface area is 160 Å². The van der Waals surface area contributed by atoms with Gasteiger partial charge in [0.1, 0.15) is 16.7 Å². The number of hydrogen-bond donors (Lipinski definition) is 1. The van der Waals surface area contributed by atoms with Gasteiger partial charge in [-0.1, -0.05) is 35.0 Å². The molecule has 4 rings (SSSR count). The largest absolute Gasteiger partial charge is 0.439 e. The SMILES string of the molecule is Nc1ncccc1-c1cc(Cc2ccc(Oc3cccc(Cl)n3)cc2)no1. The normalized spacial score (nSPS) is 10.7. The lowest BCUT2D eigenvalue weighted by Gasteiger charge is -2.05. The molecule has 4 aromatic rings. The van der Waals surface area contributed by atoms with Crippen LogP contribution in [-0.4, -0.2) is 15.1 Å². The zero-order valence-corrected chi connectivity index (χ0v) is 14.9. The van der Waals surface area contributed by atoms with Gasteiger partial charge >= 0.3 is 0 Å². The molecule has 0 saturated carbocycles. The van der Waals surface area contributed by atoms with Crippen molar-refractivity contribution in [2.24, 2.45) is 0 Å². The second-order valence-electron chi connectivity index (χ2n) is 5.84. The molecule has 0 amide bonds. The van der Waals surface area contributed by atoms with E-state index in [1.54, 1.807) is 30.5 Å². The predicted octanol–water partition coefficient (Wildman–Crippen LogP) is 4.75. The van der Waals surface area contributed by atoms with Gasteiger partial charge in [-0.25, -0.2) is 9.97 Å². The maximum Gasteiger partial charge on any atom is 0.220 e. The molecular formula is C20H15ClN4O2. The van der Waals surface area contributed by atoms with Crippen molar-refractivity contribution >= 4 is 17.4 Å². The van der Waals surface area contributed by atoms with E-state index in [1.807, 2.05) is 36.4 Å². The van der Waals surface area contributed by atoms with E-state index < -0.39 is 0 Å². The van der Waals surface area contributed by atoms with Gasteiger partial charge < -0.3 is 15.0 Å². The Balaban J connectivity index is 1.45. The molecule has 1 aromatic carbocycles. The molecule has 0 saturated heterocycles. The Bertz CT molecular complexity index is 1060. The first-order valence-corrected chi connectivity index (χ1v) is 8.61. The van der Waals surface area contributed by atoms with Crippen LogP contribution in [0.4, 0.5) is 5.82 Å². The molecule has 0 bridgehead atoms. The molecule has 6 nitrogen and oxygen atoms in total. The van der Waals surface area contributed by atoms with Crippen molar-refractivity contribution in [1.82, 2.24) is 15.1 Å². The Hall–Kier alpha value is -3.38. The fourth-order valence-electron chi connectivity index (χ4n) is 2.60. The van der Waals surface area contributed by atoms with E-state index in [-0.39, 0.29) is 0 Å². The summed E-state index contributed by atoms with van der Waals surface area (Å²) in [5.41, 5.74) is 8.48. The van der Waals surface area contributed by atoms with Crippen LogP contribution in [0, 0.1) is 0 Å². The summed E-state index contributed by atoms with van der Waals surface area (Å²) >= 11 is 5.86. The van der Waals surface area contributed by atoms with Crippen LogP contribution in [0.1, 0.15) is 11.3 Å². The minimum absolute atomic E-state index is 0.389. The second kappa shape index (κ2) is 7.47. The number of nitrogens with zero attached hydrogens (tertiary/aromatic N) is 3. The molecule has 0 atom stereocenters. The number of anilines is 1. The molecule has 0 aliphatic carbocycles. The highest BCUT2D eigenvalue weighted by Gasteiger charge is 2.11. The Morgan fingerprint density at radius 3 is 2.67 bits per heavy atom. The molecule has 2 N–H and O–H groups in total. The van der Waals surface area contributed by atoms with E-state index >= 15 is 0 Å². The van der Waals surface area contributed by atoms with Gasteiger partial charge in [-0.15, -0.1) is 0 Å². The van der Waals surface area contributed by atoms with E-state index in [2.05, 4.69) is 15.1 Å². The molecular weight excluding hydrogens is 364 g/mol. The molecule has 0 fully saturated rings. The molecule has 0 spiro atoms. The summed E-state index contributed by atoms with van der Waals surface area (Å²) < 4.78 is 11.1. The Kier molecular flexibility index (Phi) is 4.72. The van der Waals surface area contributed by atoms with Gasteiger partial charge in [0.25, 0.3) is 0 Å². The third-order valence-electron chi connectivity index (χ3n) is 3.88. The van der Waals surface area contributed by atoms with Crippen molar-refractivity contribution in [3.8, 4) is 23.0 Å². The smallest absolute Gasteiger partial charge is 0.220 e. The summed E-state index contributed by atoms with van der Waals surface area (Å²) in [5.74, 6) is 2.14.